The van der Waals surface area contributed by atoms with Gasteiger partial charge in [0.1, 0.15) is 11.3 Å². The highest BCUT2D eigenvalue weighted by Crippen LogP contribution is 2.34. The number of non-ortho nitro benzene ring substituents is 1. The summed E-state index contributed by atoms with van der Waals surface area (Å²) in [5.74, 6) is -0.717. The van der Waals surface area contributed by atoms with Crippen LogP contribution in [0.15, 0.2) is 75.9 Å². The molecule has 0 amide bonds. The molecule has 1 aromatic heterocycles. The van der Waals surface area contributed by atoms with E-state index in [0.29, 0.717) is 16.5 Å². The Morgan fingerprint density at radius 1 is 1.06 bits per heavy atom. The van der Waals surface area contributed by atoms with Crippen molar-refractivity contribution in [2.45, 2.75) is 6.92 Å². The Bertz CT molecular complexity index is 1390. The third-order valence-corrected chi connectivity index (χ3v) is 5.11. The molecular formula is C23H14ClNO6. The maximum Gasteiger partial charge on any atom is 0.345 e. The minimum atomic E-state index is -0.863. The van der Waals surface area contributed by atoms with Gasteiger partial charge in [-0.2, -0.15) is 0 Å². The zero-order valence-corrected chi connectivity index (χ0v) is 16.9. The van der Waals surface area contributed by atoms with Gasteiger partial charge in [0.15, 0.2) is 0 Å². The molecule has 0 unspecified atom stereocenters. The van der Waals surface area contributed by atoms with Crippen molar-refractivity contribution in [3.05, 3.63) is 103 Å². The average molecular weight is 436 g/mol. The summed E-state index contributed by atoms with van der Waals surface area (Å²) in [5.41, 5.74) is 1.27. The van der Waals surface area contributed by atoms with Gasteiger partial charge >= 0.3 is 11.6 Å². The fourth-order valence-electron chi connectivity index (χ4n) is 3.25. The third-order valence-electron chi connectivity index (χ3n) is 4.78. The number of hydrogen-bond acceptors (Lipinski definition) is 6. The number of carbonyl (C=O) groups is 1. The maximum absolute atomic E-state index is 12.6. The Balaban J connectivity index is 1.78. The summed E-state index contributed by atoms with van der Waals surface area (Å²) in [6.07, 6.45) is 0. The normalized spacial score (nSPS) is 10.8. The van der Waals surface area contributed by atoms with Crippen LogP contribution in [0, 0.1) is 17.0 Å². The Hall–Kier alpha value is -3.97. The highest BCUT2D eigenvalue weighted by molar-refractivity contribution is 6.33. The van der Waals surface area contributed by atoms with Crippen molar-refractivity contribution in [2.75, 3.05) is 0 Å². The number of hydrogen-bond donors (Lipinski definition) is 0. The molecule has 8 heteroatoms. The lowest BCUT2D eigenvalue weighted by Crippen LogP contribution is -2.11. The number of carbonyl (C=O) groups excluding carboxylic acids is 1. The third kappa shape index (κ3) is 3.91. The molecule has 0 spiro atoms. The van der Waals surface area contributed by atoms with Gasteiger partial charge in [0, 0.05) is 29.1 Å². The second kappa shape index (κ2) is 8.04. The van der Waals surface area contributed by atoms with E-state index in [-0.39, 0.29) is 27.6 Å². The summed E-state index contributed by atoms with van der Waals surface area (Å²) in [5, 5.41) is 11.7. The van der Waals surface area contributed by atoms with Crippen LogP contribution in [0.25, 0.3) is 22.1 Å². The number of nitro benzene ring substituents is 1. The van der Waals surface area contributed by atoms with Crippen LogP contribution in [-0.2, 0) is 0 Å². The summed E-state index contributed by atoms with van der Waals surface area (Å²) in [7, 11) is 0. The zero-order chi connectivity index (χ0) is 22.1. The molecule has 0 radical (unpaired) electrons. The average Bonchev–Trinajstić information content (AvgIpc) is 2.76. The second-order valence-electron chi connectivity index (χ2n) is 6.72. The first-order valence-corrected chi connectivity index (χ1v) is 9.52. The molecule has 1 heterocycles. The fourth-order valence-corrected chi connectivity index (χ4v) is 3.44. The lowest BCUT2D eigenvalue weighted by molar-refractivity contribution is -0.384. The van der Waals surface area contributed by atoms with Crippen molar-refractivity contribution >= 4 is 34.2 Å². The van der Waals surface area contributed by atoms with Gasteiger partial charge < -0.3 is 9.15 Å². The molecule has 0 saturated carbocycles. The Kier molecular flexibility index (Phi) is 5.27. The van der Waals surface area contributed by atoms with E-state index in [4.69, 9.17) is 20.8 Å². The van der Waals surface area contributed by atoms with Gasteiger partial charge in [-0.25, -0.2) is 9.59 Å². The summed E-state index contributed by atoms with van der Waals surface area (Å²) in [6, 6.07) is 17.5. The number of halogens is 1. The highest BCUT2D eigenvalue weighted by atomic mass is 35.5. The molecule has 0 fully saturated rings. The van der Waals surface area contributed by atoms with Crippen LogP contribution in [-0.4, -0.2) is 10.9 Å². The summed E-state index contributed by atoms with van der Waals surface area (Å²) in [4.78, 5) is 35.2. The van der Waals surface area contributed by atoms with Gasteiger partial charge in [0.05, 0.1) is 15.5 Å². The number of nitro groups is 1. The summed E-state index contributed by atoms with van der Waals surface area (Å²) >= 11 is 6.02. The maximum atomic E-state index is 12.6. The lowest BCUT2D eigenvalue weighted by atomic mass is 10.0. The second-order valence-corrected chi connectivity index (χ2v) is 7.13. The largest absolute Gasteiger partial charge is 0.422 e. The first-order valence-electron chi connectivity index (χ1n) is 9.14. The van der Waals surface area contributed by atoms with Gasteiger partial charge in [-0.1, -0.05) is 41.9 Å². The zero-order valence-electron chi connectivity index (χ0n) is 16.1. The molecule has 0 bridgehead atoms. The van der Waals surface area contributed by atoms with E-state index in [1.165, 1.54) is 18.2 Å². The van der Waals surface area contributed by atoms with E-state index in [2.05, 4.69) is 0 Å². The first-order chi connectivity index (χ1) is 14.8. The minimum absolute atomic E-state index is 0.0203. The SMILES string of the molecule is Cc1c(OC(=O)c2cc([N+](=O)[O-])ccc2Cl)ccc2c(-c3ccccc3)cc(=O)oc12. The molecular weight excluding hydrogens is 422 g/mol. The number of fused-ring (bicyclic) bond motifs is 1. The predicted octanol–water partition coefficient (Wildman–Crippen LogP) is 5.55. The summed E-state index contributed by atoms with van der Waals surface area (Å²) in [6.45, 7) is 1.65. The van der Waals surface area contributed by atoms with Crippen LogP contribution in [0.3, 0.4) is 0 Å². The van der Waals surface area contributed by atoms with E-state index in [9.17, 15) is 19.7 Å². The van der Waals surface area contributed by atoms with Crippen molar-refractivity contribution in [3.63, 3.8) is 0 Å². The van der Waals surface area contributed by atoms with E-state index in [1.807, 2.05) is 30.3 Å². The smallest absolute Gasteiger partial charge is 0.345 e. The van der Waals surface area contributed by atoms with Gasteiger partial charge in [-0.15, -0.1) is 0 Å². The quantitative estimate of drug-likeness (QED) is 0.137. The molecule has 0 N–H and O–H groups in total. The number of ether oxygens (including phenoxy) is 1. The molecule has 0 aliphatic heterocycles. The molecule has 0 aliphatic rings. The van der Waals surface area contributed by atoms with Crippen LogP contribution in [0.1, 0.15) is 15.9 Å². The molecule has 4 rings (SSSR count). The summed E-state index contributed by atoms with van der Waals surface area (Å²) < 4.78 is 10.8. The molecule has 0 atom stereocenters. The molecule has 3 aromatic carbocycles. The van der Waals surface area contributed by atoms with Crippen LogP contribution < -0.4 is 10.4 Å². The first kappa shape index (κ1) is 20.3. The van der Waals surface area contributed by atoms with E-state index in [1.54, 1.807) is 19.1 Å². The fraction of sp³-hybridized carbons (Fsp3) is 0.0435. The van der Waals surface area contributed by atoms with E-state index < -0.39 is 16.5 Å². The van der Waals surface area contributed by atoms with Crippen molar-refractivity contribution in [3.8, 4) is 16.9 Å². The monoisotopic (exact) mass is 435 g/mol. The number of esters is 1. The van der Waals surface area contributed by atoms with Crippen molar-refractivity contribution in [1.82, 2.24) is 0 Å². The van der Waals surface area contributed by atoms with E-state index >= 15 is 0 Å². The van der Waals surface area contributed by atoms with E-state index in [0.717, 1.165) is 11.6 Å². The Morgan fingerprint density at radius 3 is 2.52 bits per heavy atom. The van der Waals surface area contributed by atoms with Crippen molar-refractivity contribution < 1.29 is 18.9 Å². The number of aryl methyl sites for hydroxylation is 1. The van der Waals surface area contributed by atoms with Gasteiger partial charge in [0.25, 0.3) is 5.69 Å². The lowest BCUT2D eigenvalue weighted by Gasteiger charge is -2.12. The minimum Gasteiger partial charge on any atom is -0.422 e. The number of nitrogens with zero attached hydrogens (tertiary/aromatic N) is 1. The van der Waals surface area contributed by atoms with Gasteiger partial charge in [0.2, 0.25) is 0 Å². The molecule has 154 valence electrons. The van der Waals surface area contributed by atoms with Crippen LogP contribution in [0.4, 0.5) is 5.69 Å². The Morgan fingerprint density at radius 2 is 1.81 bits per heavy atom. The molecule has 0 aliphatic carbocycles. The van der Waals surface area contributed by atoms with Gasteiger partial charge in [-0.3, -0.25) is 10.1 Å². The topological polar surface area (TPSA) is 99.6 Å². The van der Waals surface area contributed by atoms with Gasteiger partial charge in [-0.05, 0) is 36.2 Å². The predicted molar refractivity (Wildman–Crippen MR) is 116 cm³/mol. The van der Waals surface area contributed by atoms with Crippen LogP contribution >= 0.6 is 11.6 Å². The molecule has 4 aromatic rings. The van der Waals surface area contributed by atoms with Crippen LogP contribution in [0.5, 0.6) is 5.75 Å². The molecule has 31 heavy (non-hydrogen) atoms. The molecule has 0 saturated heterocycles. The van der Waals surface area contributed by atoms with Crippen molar-refractivity contribution in [2.24, 2.45) is 0 Å². The molecule has 7 nitrogen and oxygen atoms in total. The number of rotatable bonds is 4. The van der Waals surface area contributed by atoms with Crippen molar-refractivity contribution in [1.29, 1.82) is 0 Å². The standard InChI is InChI=1S/C23H14ClNO6/c1-13-20(30-23(27)18-11-15(25(28)29)7-9-19(18)24)10-8-16-17(12-21(26)31-22(13)16)14-5-3-2-4-6-14/h2-12H,1H3. The Labute approximate surface area is 180 Å². The number of benzene rings is 3. The highest BCUT2D eigenvalue weighted by Gasteiger charge is 2.20. The van der Waals surface area contributed by atoms with Crippen LogP contribution in [0.2, 0.25) is 5.02 Å².